The van der Waals surface area contributed by atoms with Crippen LogP contribution >= 0.6 is 11.3 Å². The quantitative estimate of drug-likeness (QED) is 0.782. The zero-order chi connectivity index (χ0) is 11.5. The van der Waals surface area contributed by atoms with E-state index < -0.39 is 0 Å². The van der Waals surface area contributed by atoms with Crippen LogP contribution in [0.1, 0.15) is 15.2 Å². The number of hydrogen-bond acceptors (Lipinski definition) is 3. The van der Waals surface area contributed by atoms with Gasteiger partial charge < -0.3 is 11.1 Å². The summed E-state index contributed by atoms with van der Waals surface area (Å²) in [5.41, 5.74) is 7.96. The summed E-state index contributed by atoms with van der Waals surface area (Å²) in [5, 5.41) is 4.70. The van der Waals surface area contributed by atoms with Crippen molar-refractivity contribution in [2.75, 3.05) is 11.1 Å². The number of carbonyl (C=O) groups is 1. The number of hydrogen-bond donors (Lipinski definition) is 2. The predicted octanol–water partition coefficient (Wildman–Crippen LogP) is 2.89. The summed E-state index contributed by atoms with van der Waals surface area (Å²) in [6.45, 7) is 1.92. The molecule has 4 heteroatoms. The van der Waals surface area contributed by atoms with Crippen molar-refractivity contribution in [3.63, 3.8) is 0 Å². The predicted molar refractivity (Wildman–Crippen MR) is 67.9 cm³/mol. The van der Waals surface area contributed by atoms with Crippen LogP contribution in [0.25, 0.3) is 0 Å². The van der Waals surface area contributed by atoms with Gasteiger partial charge in [0.25, 0.3) is 5.91 Å². The Morgan fingerprint density at radius 2 is 2.06 bits per heavy atom. The molecule has 1 aromatic heterocycles. The standard InChI is InChI=1S/C12H12N2OS/c1-8-6-7-16-11(8)12(15)14-10-5-3-2-4-9(10)13/h2-7H,13H2,1H3,(H,14,15). The lowest BCUT2D eigenvalue weighted by Crippen LogP contribution is -2.12. The molecule has 0 unspecified atom stereocenters. The lowest BCUT2D eigenvalue weighted by molar-refractivity contribution is 0.103. The minimum absolute atomic E-state index is 0.106. The van der Waals surface area contributed by atoms with Gasteiger partial charge in [0.05, 0.1) is 16.3 Å². The Morgan fingerprint density at radius 1 is 1.31 bits per heavy atom. The van der Waals surface area contributed by atoms with E-state index in [1.54, 1.807) is 12.1 Å². The lowest BCUT2D eigenvalue weighted by Gasteiger charge is -2.06. The fourth-order valence-electron chi connectivity index (χ4n) is 1.40. The number of rotatable bonds is 2. The topological polar surface area (TPSA) is 55.1 Å². The van der Waals surface area contributed by atoms with Crippen molar-refractivity contribution < 1.29 is 4.79 Å². The molecule has 1 aromatic carbocycles. The third-order valence-electron chi connectivity index (χ3n) is 2.28. The molecule has 0 saturated heterocycles. The van der Waals surface area contributed by atoms with Crippen LogP contribution in [-0.2, 0) is 0 Å². The number of aryl methyl sites for hydroxylation is 1. The smallest absolute Gasteiger partial charge is 0.266 e. The molecule has 0 atom stereocenters. The summed E-state index contributed by atoms with van der Waals surface area (Å²) < 4.78 is 0. The molecule has 3 nitrogen and oxygen atoms in total. The first-order chi connectivity index (χ1) is 7.68. The molecule has 0 saturated carbocycles. The number of para-hydroxylation sites is 2. The molecule has 2 rings (SSSR count). The molecule has 0 radical (unpaired) electrons. The van der Waals surface area contributed by atoms with Crippen LogP contribution in [0.4, 0.5) is 11.4 Å². The monoisotopic (exact) mass is 232 g/mol. The van der Waals surface area contributed by atoms with Crippen LogP contribution in [0.3, 0.4) is 0 Å². The minimum Gasteiger partial charge on any atom is -0.397 e. The third-order valence-corrected chi connectivity index (χ3v) is 3.29. The number of carbonyl (C=O) groups excluding carboxylic acids is 1. The molecule has 0 fully saturated rings. The summed E-state index contributed by atoms with van der Waals surface area (Å²) in [5.74, 6) is -0.106. The van der Waals surface area contributed by atoms with Gasteiger partial charge in [-0.15, -0.1) is 11.3 Å². The number of nitrogens with one attached hydrogen (secondary N) is 1. The normalized spacial score (nSPS) is 10.1. The van der Waals surface area contributed by atoms with E-state index in [2.05, 4.69) is 5.32 Å². The second-order valence-electron chi connectivity index (χ2n) is 3.47. The average molecular weight is 232 g/mol. The minimum atomic E-state index is -0.106. The van der Waals surface area contributed by atoms with Crippen molar-refractivity contribution in [1.82, 2.24) is 0 Å². The number of amides is 1. The van der Waals surface area contributed by atoms with Crippen LogP contribution in [0.5, 0.6) is 0 Å². The van der Waals surface area contributed by atoms with E-state index in [-0.39, 0.29) is 5.91 Å². The van der Waals surface area contributed by atoms with Gasteiger partial charge in [0.2, 0.25) is 0 Å². The SMILES string of the molecule is Cc1ccsc1C(=O)Nc1ccccc1N. The van der Waals surface area contributed by atoms with E-state index in [4.69, 9.17) is 5.73 Å². The summed E-state index contributed by atoms with van der Waals surface area (Å²) in [6.07, 6.45) is 0. The first-order valence-electron chi connectivity index (χ1n) is 4.88. The first kappa shape index (κ1) is 10.7. The van der Waals surface area contributed by atoms with Gasteiger partial charge in [0.15, 0.2) is 0 Å². The van der Waals surface area contributed by atoms with Crippen LogP contribution < -0.4 is 11.1 Å². The van der Waals surface area contributed by atoms with Crippen molar-refractivity contribution in [3.05, 3.63) is 46.2 Å². The van der Waals surface area contributed by atoms with Crippen LogP contribution in [0.15, 0.2) is 35.7 Å². The van der Waals surface area contributed by atoms with Crippen molar-refractivity contribution in [2.24, 2.45) is 0 Å². The molecule has 0 aliphatic rings. The lowest BCUT2D eigenvalue weighted by atomic mass is 10.2. The summed E-state index contributed by atoms with van der Waals surface area (Å²) in [7, 11) is 0. The van der Waals surface area contributed by atoms with Gasteiger partial charge in [0.1, 0.15) is 0 Å². The van der Waals surface area contributed by atoms with E-state index in [1.165, 1.54) is 11.3 Å². The number of nitrogens with two attached hydrogens (primary N) is 1. The molecule has 2 aromatic rings. The highest BCUT2D eigenvalue weighted by atomic mass is 32.1. The Bertz CT molecular complexity index is 519. The summed E-state index contributed by atoms with van der Waals surface area (Å²) in [4.78, 5) is 12.6. The third kappa shape index (κ3) is 2.06. The second-order valence-corrected chi connectivity index (χ2v) is 4.39. The summed E-state index contributed by atoms with van der Waals surface area (Å²) >= 11 is 1.43. The van der Waals surface area contributed by atoms with E-state index in [1.807, 2.05) is 30.5 Å². The van der Waals surface area contributed by atoms with Crippen molar-refractivity contribution in [1.29, 1.82) is 0 Å². The maximum absolute atomic E-state index is 11.9. The van der Waals surface area contributed by atoms with Gasteiger partial charge in [-0.1, -0.05) is 12.1 Å². The fourth-order valence-corrected chi connectivity index (χ4v) is 2.22. The molecule has 0 spiro atoms. The Kier molecular flexibility index (Phi) is 2.92. The van der Waals surface area contributed by atoms with Gasteiger partial charge in [-0.25, -0.2) is 0 Å². The Hall–Kier alpha value is -1.81. The van der Waals surface area contributed by atoms with Gasteiger partial charge in [-0.2, -0.15) is 0 Å². The Labute approximate surface area is 97.9 Å². The highest BCUT2D eigenvalue weighted by molar-refractivity contribution is 7.12. The van der Waals surface area contributed by atoms with Gasteiger partial charge in [0, 0.05) is 0 Å². The van der Waals surface area contributed by atoms with E-state index in [0.29, 0.717) is 11.4 Å². The highest BCUT2D eigenvalue weighted by Gasteiger charge is 2.11. The number of nitrogen functional groups attached to an aromatic ring is 1. The average Bonchev–Trinajstić information content (AvgIpc) is 2.68. The van der Waals surface area contributed by atoms with Crippen LogP contribution in [-0.4, -0.2) is 5.91 Å². The van der Waals surface area contributed by atoms with Crippen molar-refractivity contribution in [2.45, 2.75) is 6.92 Å². The number of anilines is 2. The van der Waals surface area contributed by atoms with Gasteiger partial charge >= 0.3 is 0 Å². The van der Waals surface area contributed by atoms with E-state index >= 15 is 0 Å². The fraction of sp³-hybridized carbons (Fsp3) is 0.0833. The molecule has 16 heavy (non-hydrogen) atoms. The molecule has 3 N–H and O–H groups in total. The van der Waals surface area contributed by atoms with E-state index in [0.717, 1.165) is 10.4 Å². The maximum Gasteiger partial charge on any atom is 0.266 e. The number of benzene rings is 1. The number of thiophene rings is 1. The second kappa shape index (κ2) is 4.37. The molecule has 82 valence electrons. The van der Waals surface area contributed by atoms with Crippen LogP contribution in [0, 0.1) is 6.92 Å². The zero-order valence-corrected chi connectivity index (χ0v) is 9.67. The van der Waals surface area contributed by atoms with Crippen LogP contribution in [0.2, 0.25) is 0 Å². The Morgan fingerprint density at radius 3 is 2.69 bits per heavy atom. The van der Waals surface area contributed by atoms with Crippen molar-refractivity contribution in [3.8, 4) is 0 Å². The molecule has 0 aliphatic carbocycles. The van der Waals surface area contributed by atoms with Crippen molar-refractivity contribution >= 4 is 28.6 Å². The largest absolute Gasteiger partial charge is 0.397 e. The highest BCUT2D eigenvalue weighted by Crippen LogP contribution is 2.21. The molecule has 0 aliphatic heterocycles. The van der Waals surface area contributed by atoms with Gasteiger partial charge in [-0.3, -0.25) is 4.79 Å². The van der Waals surface area contributed by atoms with Gasteiger partial charge in [-0.05, 0) is 36.1 Å². The zero-order valence-electron chi connectivity index (χ0n) is 8.86. The Balaban J connectivity index is 2.21. The summed E-state index contributed by atoms with van der Waals surface area (Å²) in [6, 6.07) is 9.15. The first-order valence-corrected chi connectivity index (χ1v) is 5.76. The molecule has 1 heterocycles. The maximum atomic E-state index is 11.9. The molecular formula is C12H12N2OS. The molecule has 0 bridgehead atoms. The molecule has 1 amide bonds. The molecular weight excluding hydrogens is 220 g/mol. The van der Waals surface area contributed by atoms with E-state index in [9.17, 15) is 4.79 Å².